The molecule has 0 fully saturated rings. The number of hydrogen-bond donors (Lipinski definition) is 0. The molecule has 0 aromatic rings. The van der Waals surface area contributed by atoms with Gasteiger partial charge < -0.3 is 14.2 Å². The topological polar surface area (TPSA) is 78.9 Å². The smallest absolute Gasteiger partial charge is 0.306 e. The lowest BCUT2D eigenvalue weighted by Gasteiger charge is -2.18. The Morgan fingerprint density at radius 3 is 0.797 bits per heavy atom. The van der Waals surface area contributed by atoms with Crippen LogP contribution in [0.3, 0.4) is 0 Å². The first-order valence-electron chi connectivity index (χ1n) is 31.9. The summed E-state index contributed by atoms with van der Waals surface area (Å²) in [5, 5.41) is 0. The van der Waals surface area contributed by atoms with Crippen molar-refractivity contribution in [1.29, 1.82) is 0 Å². The van der Waals surface area contributed by atoms with Crippen LogP contribution in [-0.4, -0.2) is 37.2 Å². The number of unbranched alkanes of at least 4 members (excludes halogenated alkanes) is 35. The lowest BCUT2D eigenvalue weighted by atomic mass is 10.1. The third-order valence-corrected chi connectivity index (χ3v) is 13.9. The molecule has 0 bridgehead atoms. The van der Waals surface area contributed by atoms with Gasteiger partial charge in [-0.15, -0.1) is 0 Å². The molecular weight excluding hydrogens is 913 g/mol. The summed E-state index contributed by atoms with van der Waals surface area (Å²) >= 11 is 0. The van der Waals surface area contributed by atoms with Gasteiger partial charge in [-0.2, -0.15) is 0 Å². The number of carbonyl (C=O) groups is 3. The molecule has 0 aromatic heterocycles. The van der Waals surface area contributed by atoms with E-state index in [0.29, 0.717) is 19.3 Å². The summed E-state index contributed by atoms with van der Waals surface area (Å²) in [6, 6.07) is 0. The first-order valence-corrected chi connectivity index (χ1v) is 31.9. The standard InChI is InChI=1S/C68H120O6/c1-4-7-10-13-16-19-22-25-28-31-33-34-36-37-40-43-46-49-52-55-58-61-67(70)73-64-65(63-72-66(69)60-57-54-51-48-45-42-39-30-27-24-21-18-15-12-9-6-3)74-68(71)62-59-56-53-50-47-44-41-38-35-32-29-26-23-20-17-14-11-8-5-2/h17,20,22,25-26,29-31,33,36-37,39,65H,4-16,18-19,21,23-24,27-28,32,34-35,38,40-64H2,1-3H3/b20-17-,25-22-,29-26-,33-31-,37-36-,39-30-. The van der Waals surface area contributed by atoms with Crippen LogP contribution in [0.15, 0.2) is 72.9 Å². The highest BCUT2D eigenvalue weighted by molar-refractivity contribution is 5.71. The van der Waals surface area contributed by atoms with Crippen molar-refractivity contribution in [3.63, 3.8) is 0 Å². The molecule has 0 rings (SSSR count). The Morgan fingerprint density at radius 1 is 0.270 bits per heavy atom. The van der Waals surface area contributed by atoms with Crippen LogP contribution in [0.5, 0.6) is 0 Å². The second-order valence-electron chi connectivity index (χ2n) is 21.3. The number of hydrogen-bond acceptors (Lipinski definition) is 6. The van der Waals surface area contributed by atoms with Crippen LogP contribution in [0.1, 0.15) is 323 Å². The van der Waals surface area contributed by atoms with Gasteiger partial charge in [-0.25, -0.2) is 0 Å². The predicted octanol–water partition coefficient (Wildman–Crippen LogP) is 21.7. The van der Waals surface area contributed by atoms with Gasteiger partial charge in [0.15, 0.2) is 6.10 Å². The lowest BCUT2D eigenvalue weighted by Crippen LogP contribution is -2.30. The molecular formula is C68H120O6. The summed E-state index contributed by atoms with van der Waals surface area (Å²) in [6.45, 7) is 6.61. The maximum Gasteiger partial charge on any atom is 0.306 e. The molecule has 0 aliphatic rings. The van der Waals surface area contributed by atoms with Gasteiger partial charge in [0.25, 0.3) is 0 Å². The first kappa shape index (κ1) is 70.8. The van der Waals surface area contributed by atoms with E-state index in [4.69, 9.17) is 14.2 Å². The van der Waals surface area contributed by atoms with Gasteiger partial charge in [0.1, 0.15) is 13.2 Å². The molecule has 6 heteroatoms. The zero-order valence-electron chi connectivity index (χ0n) is 49.1. The minimum absolute atomic E-state index is 0.0846. The molecule has 0 N–H and O–H groups in total. The molecule has 0 heterocycles. The maximum absolute atomic E-state index is 12.9. The first-order chi connectivity index (χ1) is 36.5. The van der Waals surface area contributed by atoms with E-state index in [1.165, 1.54) is 193 Å². The summed E-state index contributed by atoms with van der Waals surface area (Å²) in [7, 11) is 0. The summed E-state index contributed by atoms with van der Waals surface area (Å²) in [4.78, 5) is 38.3. The highest BCUT2D eigenvalue weighted by atomic mass is 16.6. The van der Waals surface area contributed by atoms with E-state index in [2.05, 4.69) is 93.7 Å². The second-order valence-corrected chi connectivity index (χ2v) is 21.3. The molecule has 0 aromatic carbocycles. The normalized spacial score (nSPS) is 12.5. The summed E-state index contributed by atoms with van der Waals surface area (Å²) in [5.74, 6) is -0.895. The lowest BCUT2D eigenvalue weighted by molar-refractivity contribution is -0.167. The van der Waals surface area contributed by atoms with E-state index in [-0.39, 0.29) is 31.1 Å². The number of allylic oxidation sites excluding steroid dienone is 12. The van der Waals surface area contributed by atoms with Gasteiger partial charge in [-0.05, 0) is 116 Å². The van der Waals surface area contributed by atoms with Gasteiger partial charge in [0, 0.05) is 19.3 Å². The summed E-state index contributed by atoms with van der Waals surface area (Å²) in [6.07, 6.45) is 80.4. The van der Waals surface area contributed by atoms with Gasteiger partial charge in [0.2, 0.25) is 0 Å². The quantitative estimate of drug-likeness (QED) is 0.0261. The molecule has 74 heavy (non-hydrogen) atoms. The third-order valence-electron chi connectivity index (χ3n) is 13.9. The average molecular weight is 1030 g/mol. The van der Waals surface area contributed by atoms with Crippen molar-refractivity contribution in [2.75, 3.05) is 13.2 Å². The Bertz CT molecular complexity index is 1370. The van der Waals surface area contributed by atoms with Gasteiger partial charge in [0.05, 0.1) is 0 Å². The SMILES string of the molecule is CCCCC/C=C\C/C=C\CCCCCCCCCCCC(=O)OC(COC(=O)CCCCCCC/C=C\CCCCCCCCC)COC(=O)CCCCCCCC/C=C\C/C=C\C/C=C\CCCCCCC. The van der Waals surface area contributed by atoms with E-state index >= 15 is 0 Å². The minimum Gasteiger partial charge on any atom is -0.462 e. The summed E-state index contributed by atoms with van der Waals surface area (Å²) < 4.78 is 16.9. The molecule has 0 spiro atoms. The fourth-order valence-corrected chi connectivity index (χ4v) is 9.06. The Kier molecular flexibility index (Phi) is 59.7. The fraction of sp³-hybridized carbons (Fsp3) is 0.779. The Morgan fingerprint density at radius 2 is 0.486 bits per heavy atom. The number of esters is 3. The number of ether oxygens (including phenoxy) is 3. The van der Waals surface area contributed by atoms with Crippen LogP contribution in [-0.2, 0) is 28.6 Å². The Balaban J connectivity index is 4.41. The number of rotatable bonds is 58. The molecule has 0 radical (unpaired) electrons. The molecule has 428 valence electrons. The molecule has 0 aliphatic carbocycles. The Hall–Kier alpha value is -3.15. The van der Waals surface area contributed by atoms with Crippen molar-refractivity contribution in [3.05, 3.63) is 72.9 Å². The summed E-state index contributed by atoms with van der Waals surface area (Å²) in [5.41, 5.74) is 0. The molecule has 1 unspecified atom stereocenters. The minimum atomic E-state index is -0.788. The van der Waals surface area contributed by atoms with Crippen molar-refractivity contribution >= 4 is 17.9 Å². The van der Waals surface area contributed by atoms with Crippen LogP contribution in [0.2, 0.25) is 0 Å². The second kappa shape index (κ2) is 62.4. The van der Waals surface area contributed by atoms with Crippen LogP contribution in [0.4, 0.5) is 0 Å². The zero-order chi connectivity index (χ0) is 53.6. The van der Waals surface area contributed by atoms with Gasteiger partial charge >= 0.3 is 17.9 Å². The third kappa shape index (κ3) is 59.7. The van der Waals surface area contributed by atoms with Crippen LogP contribution in [0.25, 0.3) is 0 Å². The molecule has 0 saturated carbocycles. The molecule has 0 amide bonds. The van der Waals surface area contributed by atoms with E-state index in [9.17, 15) is 14.4 Å². The van der Waals surface area contributed by atoms with Crippen molar-refractivity contribution in [3.8, 4) is 0 Å². The molecule has 0 aliphatic heterocycles. The van der Waals surface area contributed by atoms with Gasteiger partial charge in [-0.1, -0.05) is 261 Å². The maximum atomic E-state index is 12.9. The van der Waals surface area contributed by atoms with E-state index in [0.717, 1.165) is 89.9 Å². The van der Waals surface area contributed by atoms with Crippen molar-refractivity contribution in [1.82, 2.24) is 0 Å². The zero-order valence-corrected chi connectivity index (χ0v) is 49.1. The van der Waals surface area contributed by atoms with E-state index in [1.54, 1.807) is 0 Å². The average Bonchev–Trinajstić information content (AvgIpc) is 3.40. The molecule has 0 saturated heterocycles. The highest BCUT2D eigenvalue weighted by Gasteiger charge is 2.19. The molecule has 6 nitrogen and oxygen atoms in total. The van der Waals surface area contributed by atoms with E-state index in [1.807, 2.05) is 0 Å². The monoisotopic (exact) mass is 1030 g/mol. The number of carbonyl (C=O) groups excluding carboxylic acids is 3. The fourth-order valence-electron chi connectivity index (χ4n) is 9.06. The van der Waals surface area contributed by atoms with Crippen LogP contribution in [0, 0.1) is 0 Å². The van der Waals surface area contributed by atoms with Crippen molar-refractivity contribution in [2.24, 2.45) is 0 Å². The van der Waals surface area contributed by atoms with E-state index < -0.39 is 6.10 Å². The Labute approximate surface area is 459 Å². The van der Waals surface area contributed by atoms with Crippen molar-refractivity contribution in [2.45, 2.75) is 329 Å². The van der Waals surface area contributed by atoms with Crippen molar-refractivity contribution < 1.29 is 28.6 Å². The predicted molar refractivity (Wildman–Crippen MR) is 321 cm³/mol. The highest BCUT2D eigenvalue weighted by Crippen LogP contribution is 2.16. The van der Waals surface area contributed by atoms with Crippen LogP contribution >= 0.6 is 0 Å². The van der Waals surface area contributed by atoms with Gasteiger partial charge in [-0.3, -0.25) is 14.4 Å². The molecule has 1 atom stereocenters. The largest absolute Gasteiger partial charge is 0.462 e. The van der Waals surface area contributed by atoms with Crippen LogP contribution < -0.4 is 0 Å².